The molecule has 196 valence electrons. The smallest absolute Gasteiger partial charge is 0.411 e. The van der Waals surface area contributed by atoms with E-state index in [4.69, 9.17) is 26.9 Å². The molecule has 0 radical (unpaired) electrons. The van der Waals surface area contributed by atoms with Crippen molar-refractivity contribution in [3.8, 4) is 0 Å². The Balaban J connectivity index is 1.38. The molecule has 5 N–H and O–H groups in total. The number of carbonyl (C=O) groups excluding carboxylic acids is 3. The number of hydrogen-bond acceptors (Lipinski definition) is 11. The Morgan fingerprint density at radius 2 is 2.19 bits per heavy atom. The highest BCUT2D eigenvalue weighted by Crippen LogP contribution is 2.42. The minimum atomic E-state index is -1.53. The third-order valence-electron chi connectivity index (χ3n) is 5.60. The number of oxime groups is 1. The van der Waals surface area contributed by atoms with Gasteiger partial charge in [0.15, 0.2) is 10.8 Å². The number of ether oxygens (including phenoxy) is 1. The molecular formula is C21H21ClN6O7S2. The highest BCUT2D eigenvalue weighted by atomic mass is 35.5. The molecule has 3 amide bonds. The predicted octanol–water partition coefficient (Wildman–Crippen LogP) is 1.45. The van der Waals surface area contributed by atoms with Crippen molar-refractivity contribution in [1.29, 1.82) is 0 Å². The summed E-state index contributed by atoms with van der Waals surface area (Å²) in [7, 11) is 1.26. The fourth-order valence-electron chi connectivity index (χ4n) is 3.73. The lowest BCUT2D eigenvalue weighted by Crippen LogP contribution is -2.74. The number of rotatable bonds is 8. The number of thiazole rings is 1. The first kappa shape index (κ1) is 26.5. The van der Waals surface area contributed by atoms with Crippen molar-refractivity contribution in [2.45, 2.75) is 11.4 Å². The maximum absolute atomic E-state index is 12.8. The summed E-state index contributed by atoms with van der Waals surface area (Å²) in [5.74, 6) is -2.35. The maximum Gasteiger partial charge on any atom is 0.411 e. The third kappa shape index (κ3) is 5.57. The highest BCUT2D eigenvalue weighted by molar-refractivity contribution is 8.00. The number of nitrogens with one attached hydrogen (secondary N) is 2. The van der Waals surface area contributed by atoms with E-state index in [1.807, 2.05) is 0 Å². The van der Waals surface area contributed by atoms with Crippen LogP contribution in [0.3, 0.4) is 0 Å². The van der Waals surface area contributed by atoms with Gasteiger partial charge in [-0.3, -0.25) is 19.7 Å². The minimum absolute atomic E-state index is 0.0369. The number of β-lactam (4-membered cyclic amide) rings is 1. The number of carboxylic acids is 1. The van der Waals surface area contributed by atoms with Crippen LogP contribution in [-0.2, 0) is 24.0 Å². The van der Waals surface area contributed by atoms with E-state index in [-0.39, 0.29) is 28.8 Å². The molecule has 0 saturated carbocycles. The molecule has 2 fully saturated rings. The molecule has 3 atom stereocenters. The van der Waals surface area contributed by atoms with E-state index in [1.165, 1.54) is 23.5 Å². The van der Waals surface area contributed by atoms with Gasteiger partial charge in [0.2, 0.25) is 5.91 Å². The van der Waals surface area contributed by atoms with Gasteiger partial charge in [0.1, 0.15) is 36.2 Å². The zero-order valence-corrected chi connectivity index (χ0v) is 21.6. The fraction of sp³-hybridized carbons (Fsp3) is 0.333. The normalized spacial score (nSPS) is 22.9. The van der Waals surface area contributed by atoms with Crippen LogP contribution in [0.15, 0.2) is 34.8 Å². The van der Waals surface area contributed by atoms with Crippen molar-refractivity contribution in [1.82, 2.24) is 15.2 Å². The van der Waals surface area contributed by atoms with Crippen LogP contribution in [0.2, 0.25) is 5.02 Å². The van der Waals surface area contributed by atoms with Gasteiger partial charge >= 0.3 is 12.1 Å². The molecule has 1 aromatic heterocycles. The Hall–Kier alpha value is -3.56. The van der Waals surface area contributed by atoms with E-state index in [0.29, 0.717) is 10.7 Å². The van der Waals surface area contributed by atoms with E-state index in [1.54, 1.807) is 18.2 Å². The summed E-state index contributed by atoms with van der Waals surface area (Å²) in [5.41, 5.74) is 4.52. The van der Waals surface area contributed by atoms with Gasteiger partial charge in [0.25, 0.3) is 5.91 Å². The molecule has 13 nitrogen and oxygen atoms in total. The second-order valence-corrected chi connectivity index (χ2v) is 10.5. The molecular weight excluding hydrogens is 548 g/mol. The van der Waals surface area contributed by atoms with Crippen LogP contribution in [-0.4, -0.2) is 82.0 Å². The molecule has 3 heterocycles. The summed E-state index contributed by atoms with van der Waals surface area (Å²) in [6, 6.07) is 5.47. The molecule has 2 saturated heterocycles. The zero-order chi connectivity index (χ0) is 26.7. The van der Waals surface area contributed by atoms with Gasteiger partial charge in [-0.1, -0.05) is 22.8 Å². The van der Waals surface area contributed by atoms with Crippen molar-refractivity contribution in [2.24, 2.45) is 10.6 Å². The number of aromatic nitrogens is 1. The molecule has 2 unspecified atom stereocenters. The average molecular weight is 569 g/mol. The van der Waals surface area contributed by atoms with Gasteiger partial charge in [-0.2, -0.15) is 0 Å². The molecule has 2 aliphatic heterocycles. The molecule has 4 rings (SSSR count). The summed E-state index contributed by atoms with van der Waals surface area (Å²) in [6.07, 6.45) is -0.859. The molecule has 37 heavy (non-hydrogen) atoms. The number of nitrogen functional groups attached to an aromatic ring is 1. The Labute approximate surface area is 223 Å². The maximum atomic E-state index is 12.8. The molecule has 2 aliphatic rings. The fourth-order valence-corrected chi connectivity index (χ4v) is 5.99. The lowest BCUT2D eigenvalue weighted by Gasteiger charge is -2.53. The number of carboxylic acid groups (broad SMARTS) is 1. The quantitative estimate of drug-likeness (QED) is 0.206. The van der Waals surface area contributed by atoms with Gasteiger partial charge in [-0.25, -0.2) is 9.78 Å². The van der Waals surface area contributed by atoms with E-state index in [2.05, 4.69) is 20.8 Å². The Kier molecular flexibility index (Phi) is 7.75. The van der Waals surface area contributed by atoms with E-state index >= 15 is 0 Å². The molecule has 0 spiro atoms. The van der Waals surface area contributed by atoms with Crippen molar-refractivity contribution >= 4 is 75.1 Å². The molecule has 1 aromatic carbocycles. The van der Waals surface area contributed by atoms with Crippen LogP contribution in [0.4, 0.5) is 15.6 Å². The summed E-state index contributed by atoms with van der Waals surface area (Å²) in [6.45, 7) is -0.664. The minimum Gasteiger partial charge on any atom is -0.481 e. The summed E-state index contributed by atoms with van der Waals surface area (Å²) in [5, 5.41) is 20.4. The zero-order valence-electron chi connectivity index (χ0n) is 19.2. The van der Waals surface area contributed by atoms with Crippen LogP contribution in [0.5, 0.6) is 0 Å². The number of anilines is 2. The van der Waals surface area contributed by atoms with E-state index in [0.717, 1.165) is 23.1 Å². The Morgan fingerprint density at radius 1 is 1.41 bits per heavy atom. The van der Waals surface area contributed by atoms with Crippen molar-refractivity contribution < 1.29 is 33.9 Å². The van der Waals surface area contributed by atoms with Gasteiger partial charge in [-0.05, 0) is 18.2 Å². The standard InChI is InChI=1S/C21H21ClN6O7S2/c1-34-27-13(12-6-36-19(23)25-12)15(29)26-14-16(30)28-7-21(18(31)32,9-37-17(14)28)8-35-20(33)24-11-4-2-3-10(22)5-11/h2-6,14,17H,7-9H2,1H3,(H2,23,25)(H,24,33)(H,26,29)(H,31,32)/t14?,17-,21?/m1/s1. The topological polar surface area (TPSA) is 186 Å². The lowest BCUT2D eigenvalue weighted by molar-refractivity contribution is -0.160. The summed E-state index contributed by atoms with van der Waals surface area (Å²) < 4.78 is 5.19. The van der Waals surface area contributed by atoms with Crippen molar-refractivity contribution in [2.75, 3.05) is 37.1 Å². The van der Waals surface area contributed by atoms with Gasteiger partial charge in [0, 0.05) is 28.4 Å². The average Bonchev–Trinajstić information content (AvgIpc) is 3.29. The molecule has 2 aromatic rings. The van der Waals surface area contributed by atoms with Crippen LogP contribution < -0.4 is 16.4 Å². The number of nitrogens with two attached hydrogens (primary N) is 1. The van der Waals surface area contributed by atoms with Gasteiger partial charge in [-0.15, -0.1) is 23.1 Å². The molecule has 0 bridgehead atoms. The number of nitrogens with zero attached hydrogens (tertiary/aromatic N) is 3. The van der Waals surface area contributed by atoms with Crippen LogP contribution >= 0.6 is 34.7 Å². The van der Waals surface area contributed by atoms with E-state index in [9.17, 15) is 24.3 Å². The number of amides is 3. The number of halogens is 1. The number of carbonyl (C=O) groups is 4. The van der Waals surface area contributed by atoms with Crippen LogP contribution in [0.25, 0.3) is 0 Å². The predicted molar refractivity (Wildman–Crippen MR) is 136 cm³/mol. The van der Waals surface area contributed by atoms with Gasteiger partial charge in [0.05, 0.1) is 0 Å². The lowest BCUT2D eigenvalue weighted by atomic mass is 9.88. The number of benzene rings is 1. The monoisotopic (exact) mass is 568 g/mol. The Bertz CT molecular complexity index is 1270. The Morgan fingerprint density at radius 3 is 2.84 bits per heavy atom. The van der Waals surface area contributed by atoms with E-state index < -0.39 is 47.3 Å². The second-order valence-electron chi connectivity index (χ2n) is 8.11. The summed E-state index contributed by atoms with van der Waals surface area (Å²) >= 11 is 8.17. The number of aliphatic carboxylic acids is 1. The third-order valence-corrected chi connectivity index (χ3v) is 8.09. The first-order valence-electron chi connectivity index (χ1n) is 10.6. The first-order valence-corrected chi connectivity index (χ1v) is 12.9. The molecule has 0 aliphatic carbocycles. The number of thioether (sulfide) groups is 1. The van der Waals surface area contributed by atoms with Crippen LogP contribution in [0.1, 0.15) is 5.69 Å². The number of fused-ring (bicyclic) bond motifs is 1. The van der Waals surface area contributed by atoms with Crippen LogP contribution in [0, 0.1) is 5.41 Å². The van der Waals surface area contributed by atoms with Crippen molar-refractivity contribution in [3.63, 3.8) is 0 Å². The molecule has 16 heteroatoms. The van der Waals surface area contributed by atoms with Gasteiger partial charge < -0.3 is 30.6 Å². The highest BCUT2D eigenvalue weighted by Gasteiger charge is 2.58. The van der Waals surface area contributed by atoms with Crippen molar-refractivity contribution in [3.05, 3.63) is 40.4 Å². The summed E-state index contributed by atoms with van der Waals surface area (Å²) in [4.78, 5) is 60.1. The largest absolute Gasteiger partial charge is 0.481 e. The number of hydrogen-bond donors (Lipinski definition) is 4. The SMILES string of the molecule is CON=C(C(=O)NC1C(=O)N2CC(COC(=O)Nc3cccc(Cl)c3)(C(=O)O)CS[C@H]12)c1csc(N)n1. The second kappa shape index (κ2) is 10.8. The first-order chi connectivity index (χ1) is 17.6.